The van der Waals surface area contributed by atoms with Crippen molar-refractivity contribution in [2.24, 2.45) is 0 Å². The lowest BCUT2D eigenvalue weighted by Gasteiger charge is -2.12. The smallest absolute Gasteiger partial charge is 0.263 e. The Hall–Kier alpha value is -3.58. The van der Waals surface area contributed by atoms with Gasteiger partial charge in [-0.15, -0.1) is 0 Å². The van der Waals surface area contributed by atoms with E-state index in [0.29, 0.717) is 28.2 Å². The molecule has 0 unspecified atom stereocenters. The largest absolute Gasteiger partial charge is 0.494 e. The number of halogens is 1. The molecule has 0 spiro atoms. The predicted molar refractivity (Wildman–Crippen MR) is 120 cm³/mol. The maximum atomic E-state index is 12.5. The molecule has 0 fully saturated rings. The third kappa shape index (κ3) is 4.46. The van der Waals surface area contributed by atoms with Crippen LogP contribution in [0.25, 0.3) is 16.7 Å². The van der Waals surface area contributed by atoms with Gasteiger partial charge in [-0.1, -0.05) is 23.7 Å². The minimum absolute atomic E-state index is 0.149. The molecular weight excluding hydrogens is 416 g/mol. The molecule has 2 aromatic carbocycles. The van der Waals surface area contributed by atoms with Crippen LogP contribution in [0.15, 0.2) is 54.6 Å². The van der Waals surface area contributed by atoms with Crippen molar-refractivity contribution in [3.05, 3.63) is 70.9 Å². The zero-order valence-electron chi connectivity index (χ0n) is 17.3. The van der Waals surface area contributed by atoms with Gasteiger partial charge in [0.25, 0.3) is 5.91 Å². The van der Waals surface area contributed by atoms with Gasteiger partial charge in [-0.25, -0.2) is 4.98 Å². The van der Waals surface area contributed by atoms with E-state index in [2.05, 4.69) is 10.4 Å². The molecule has 1 N–H and O–H groups in total. The second kappa shape index (κ2) is 8.65. The summed E-state index contributed by atoms with van der Waals surface area (Å²) >= 11 is 5.87. The van der Waals surface area contributed by atoms with Crippen molar-refractivity contribution in [3.8, 4) is 17.3 Å². The van der Waals surface area contributed by atoms with E-state index in [9.17, 15) is 4.79 Å². The van der Waals surface area contributed by atoms with Crippen LogP contribution < -0.4 is 14.8 Å². The van der Waals surface area contributed by atoms with E-state index < -0.39 is 0 Å². The number of rotatable bonds is 6. The lowest BCUT2D eigenvalue weighted by molar-refractivity contribution is -0.118. The van der Waals surface area contributed by atoms with Crippen molar-refractivity contribution in [2.75, 3.05) is 19.0 Å². The molecular formula is C23H21ClN4O3. The van der Waals surface area contributed by atoms with E-state index in [1.54, 1.807) is 42.1 Å². The van der Waals surface area contributed by atoms with Crippen LogP contribution in [-0.2, 0) is 4.79 Å². The molecule has 2 aromatic heterocycles. The number of aromatic nitrogens is 3. The fraction of sp³-hybridized carbons (Fsp3) is 0.174. The molecule has 4 aromatic rings. The number of carbonyl (C=O) groups excluding carboxylic acids is 1. The number of pyridine rings is 1. The summed E-state index contributed by atoms with van der Waals surface area (Å²) in [6.07, 6.45) is 0. The van der Waals surface area contributed by atoms with Gasteiger partial charge in [-0.3, -0.25) is 4.79 Å². The number of fused-ring (bicyclic) bond motifs is 1. The van der Waals surface area contributed by atoms with Crippen LogP contribution in [0.2, 0.25) is 5.02 Å². The molecule has 158 valence electrons. The Bertz CT molecular complexity index is 1250. The highest BCUT2D eigenvalue weighted by Crippen LogP contribution is 2.28. The molecule has 4 rings (SSSR count). The van der Waals surface area contributed by atoms with Crippen molar-refractivity contribution in [1.82, 2.24) is 14.8 Å². The molecule has 0 aliphatic carbocycles. The Morgan fingerprint density at radius 3 is 2.65 bits per heavy atom. The number of ether oxygens (including phenoxy) is 2. The van der Waals surface area contributed by atoms with Crippen LogP contribution >= 0.6 is 11.6 Å². The first-order chi connectivity index (χ1) is 14.9. The van der Waals surface area contributed by atoms with Gasteiger partial charge < -0.3 is 14.8 Å². The van der Waals surface area contributed by atoms with Crippen LogP contribution in [0.5, 0.6) is 11.5 Å². The van der Waals surface area contributed by atoms with Crippen molar-refractivity contribution in [3.63, 3.8) is 0 Å². The summed E-state index contributed by atoms with van der Waals surface area (Å²) in [5, 5.41) is 8.95. The van der Waals surface area contributed by atoms with Crippen molar-refractivity contribution < 1.29 is 14.3 Å². The third-order valence-corrected chi connectivity index (χ3v) is 4.97. The monoisotopic (exact) mass is 436 g/mol. The Morgan fingerprint density at radius 1 is 1.13 bits per heavy atom. The first-order valence-electron chi connectivity index (χ1n) is 9.64. The maximum Gasteiger partial charge on any atom is 0.263 e. The number of amides is 1. The second-order valence-corrected chi connectivity index (χ2v) is 7.46. The number of hydrogen-bond donors (Lipinski definition) is 1. The summed E-state index contributed by atoms with van der Waals surface area (Å²) in [4.78, 5) is 17.2. The van der Waals surface area contributed by atoms with E-state index in [1.165, 1.54) is 0 Å². The summed E-state index contributed by atoms with van der Waals surface area (Å²) < 4.78 is 12.6. The van der Waals surface area contributed by atoms with Gasteiger partial charge in [0.1, 0.15) is 22.8 Å². The molecule has 7 nitrogen and oxygen atoms in total. The number of nitrogens with zero attached hydrogens (tertiary/aromatic N) is 3. The fourth-order valence-electron chi connectivity index (χ4n) is 3.27. The summed E-state index contributed by atoms with van der Waals surface area (Å²) in [5.41, 5.74) is 2.50. The average molecular weight is 437 g/mol. The maximum absolute atomic E-state index is 12.5. The predicted octanol–water partition coefficient (Wildman–Crippen LogP) is 4.72. The van der Waals surface area contributed by atoms with Gasteiger partial charge >= 0.3 is 0 Å². The van der Waals surface area contributed by atoms with E-state index >= 15 is 0 Å². The number of anilines is 1. The van der Waals surface area contributed by atoms with E-state index in [-0.39, 0.29) is 12.5 Å². The lowest BCUT2D eigenvalue weighted by Crippen LogP contribution is -2.22. The van der Waals surface area contributed by atoms with Crippen LogP contribution in [0.4, 0.5) is 5.82 Å². The molecule has 0 radical (unpaired) electrons. The molecule has 0 bridgehead atoms. The number of hydrogen-bond acceptors (Lipinski definition) is 5. The quantitative estimate of drug-likeness (QED) is 0.473. The average Bonchev–Trinajstić information content (AvgIpc) is 3.12. The van der Waals surface area contributed by atoms with E-state index in [4.69, 9.17) is 26.1 Å². The van der Waals surface area contributed by atoms with Gasteiger partial charge in [0, 0.05) is 16.5 Å². The zero-order valence-corrected chi connectivity index (χ0v) is 18.1. The number of methoxy groups -OCH3 is 1. The normalized spacial score (nSPS) is 10.8. The highest BCUT2D eigenvalue weighted by atomic mass is 35.5. The molecule has 0 saturated heterocycles. The van der Waals surface area contributed by atoms with Crippen molar-refractivity contribution in [2.45, 2.75) is 13.8 Å². The molecule has 0 aliphatic rings. The van der Waals surface area contributed by atoms with Crippen LogP contribution in [-0.4, -0.2) is 34.4 Å². The number of benzene rings is 2. The Balaban J connectivity index is 1.60. The standard InChI is InChI=1S/C23H21ClN4O3/c1-14-11-20(26-23-18(14)5-4-6-19(23)30-3)28-21(12-15(2)27-28)25-22(29)13-31-17-9-7-16(24)8-10-17/h4-12H,13H2,1-3H3,(H,25,29). The Morgan fingerprint density at radius 2 is 1.90 bits per heavy atom. The number of carbonyl (C=O) groups is 1. The van der Waals surface area contributed by atoms with Crippen molar-refractivity contribution in [1.29, 1.82) is 0 Å². The van der Waals surface area contributed by atoms with Crippen LogP contribution in [0.3, 0.4) is 0 Å². The van der Waals surface area contributed by atoms with Gasteiger partial charge in [-0.2, -0.15) is 9.78 Å². The van der Waals surface area contributed by atoms with Gasteiger partial charge in [0.05, 0.1) is 12.8 Å². The molecule has 0 atom stereocenters. The van der Waals surface area contributed by atoms with Gasteiger partial charge in [0.15, 0.2) is 12.4 Å². The minimum atomic E-state index is -0.314. The topological polar surface area (TPSA) is 78.3 Å². The molecule has 8 heteroatoms. The molecule has 1 amide bonds. The fourth-order valence-corrected chi connectivity index (χ4v) is 3.40. The van der Waals surface area contributed by atoms with Crippen LogP contribution in [0.1, 0.15) is 11.3 Å². The van der Waals surface area contributed by atoms with Crippen molar-refractivity contribution >= 4 is 34.2 Å². The van der Waals surface area contributed by atoms with Gasteiger partial charge in [0.2, 0.25) is 0 Å². The number of nitrogens with one attached hydrogen (secondary N) is 1. The summed E-state index contributed by atoms with van der Waals surface area (Å²) in [6.45, 7) is 3.70. The first-order valence-corrected chi connectivity index (χ1v) is 10.0. The highest BCUT2D eigenvalue weighted by molar-refractivity contribution is 6.30. The van der Waals surface area contributed by atoms with Crippen LogP contribution in [0, 0.1) is 13.8 Å². The number of aryl methyl sites for hydroxylation is 2. The Kier molecular flexibility index (Phi) is 5.77. The zero-order chi connectivity index (χ0) is 22.0. The van der Waals surface area contributed by atoms with E-state index in [1.807, 2.05) is 38.1 Å². The summed E-state index contributed by atoms with van der Waals surface area (Å²) in [7, 11) is 1.61. The van der Waals surface area contributed by atoms with Gasteiger partial charge in [-0.05, 0) is 55.8 Å². The number of para-hydroxylation sites is 1. The molecule has 2 heterocycles. The Labute approximate surface area is 184 Å². The SMILES string of the molecule is COc1cccc2c(C)cc(-n3nc(C)cc3NC(=O)COc3ccc(Cl)cc3)nc12. The third-order valence-electron chi connectivity index (χ3n) is 4.72. The molecule has 0 saturated carbocycles. The highest BCUT2D eigenvalue weighted by Gasteiger charge is 2.15. The second-order valence-electron chi connectivity index (χ2n) is 7.03. The molecule has 31 heavy (non-hydrogen) atoms. The summed E-state index contributed by atoms with van der Waals surface area (Å²) in [5.74, 6) is 2.00. The molecule has 0 aliphatic heterocycles. The minimum Gasteiger partial charge on any atom is -0.494 e. The summed E-state index contributed by atoms with van der Waals surface area (Å²) in [6, 6.07) is 16.3. The lowest BCUT2D eigenvalue weighted by atomic mass is 10.1. The van der Waals surface area contributed by atoms with E-state index in [0.717, 1.165) is 22.2 Å². The first kappa shape index (κ1) is 20.7.